The third-order valence-electron chi connectivity index (χ3n) is 10.1. The molecule has 0 radical (unpaired) electrons. The summed E-state index contributed by atoms with van der Waals surface area (Å²) in [6.07, 6.45) is 2.75. The molecule has 2 aliphatic rings. The number of nitrogens with zero attached hydrogens (tertiary/aromatic N) is 2. The topological polar surface area (TPSA) is 63.3 Å². The van der Waals surface area contributed by atoms with Crippen LogP contribution >= 0.6 is 34.8 Å². The van der Waals surface area contributed by atoms with E-state index in [-0.39, 0.29) is 23.6 Å². The molecule has 288 valence electrons. The van der Waals surface area contributed by atoms with Crippen LogP contribution in [0, 0.1) is 18.6 Å². The molecule has 4 aromatic carbocycles. The Kier molecular flexibility index (Phi) is 14.2. The van der Waals surface area contributed by atoms with Crippen LogP contribution < -0.4 is 10.1 Å². The number of nitrogens with one attached hydrogen (secondary N) is 1. The van der Waals surface area contributed by atoms with Crippen LogP contribution in [-0.2, 0) is 27.1 Å². The molecule has 2 aliphatic heterocycles. The monoisotopic (exact) mass is 799 g/mol. The molecule has 4 aromatic rings. The zero-order valence-corrected chi connectivity index (χ0v) is 32.6. The summed E-state index contributed by atoms with van der Waals surface area (Å²) in [5.74, 6) is -0.415. The predicted octanol–water partition coefficient (Wildman–Crippen LogP) is 9.05. The molecule has 0 spiro atoms. The lowest BCUT2D eigenvalue weighted by Crippen LogP contribution is -2.65. The summed E-state index contributed by atoms with van der Waals surface area (Å²) in [6, 6.07) is 22.8. The van der Waals surface area contributed by atoms with Crippen molar-refractivity contribution in [1.29, 1.82) is 0 Å². The van der Waals surface area contributed by atoms with Crippen molar-refractivity contribution in [2.45, 2.75) is 56.8 Å². The molecule has 7 nitrogen and oxygen atoms in total. The molecular weight excluding hydrogens is 755 g/mol. The van der Waals surface area contributed by atoms with Gasteiger partial charge in [-0.25, -0.2) is 8.78 Å². The largest absolute Gasteiger partial charge is 0.490 e. The Labute approximate surface area is 331 Å². The fraction of sp³-hybridized carbons (Fsp3) is 0.405. The first-order valence-electron chi connectivity index (χ1n) is 18.4. The van der Waals surface area contributed by atoms with Crippen LogP contribution in [0.25, 0.3) is 0 Å². The van der Waals surface area contributed by atoms with E-state index in [0.29, 0.717) is 98.2 Å². The van der Waals surface area contributed by atoms with Crippen LogP contribution in [-0.4, -0.2) is 86.0 Å². The highest BCUT2D eigenvalue weighted by atomic mass is 35.5. The van der Waals surface area contributed by atoms with E-state index in [9.17, 15) is 8.78 Å². The number of benzene rings is 4. The predicted molar refractivity (Wildman–Crippen MR) is 211 cm³/mol. The van der Waals surface area contributed by atoms with E-state index in [4.69, 9.17) is 49.0 Å². The molecule has 54 heavy (non-hydrogen) atoms. The van der Waals surface area contributed by atoms with Gasteiger partial charge in [0.05, 0.1) is 22.8 Å². The molecule has 2 heterocycles. The van der Waals surface area contributed by atoms with Crippen molar-refractivity contribution in [2.24, 2.45) is 0 Å². The van der Waals surface area contributed by atoms with Crippen molar-refractivity contribution in [1.82, 2.24) is 9.80 Å². The second-order valence-electron chi connectivity index (χ2n) is 14.1. The maximum atomic E-state index is 15.1. The van der Waals surface area contributed by atoms with Gasteiger partial charge in [0.25, 0.3) is 0 Å². The summed E-state index contributed by atoms with van der Waals surface area (Å²) in [4.78, 5) is 19.6. The van der Waals surface area contributed by atoms with Crippen LogP contribution in [0.2, 0.25) is 15.1 Å². The Balaban J connectivity index is 1.34. The molecule has 2 saturated heterocycles. The van der Waals surface area contributed by atoms with Gasteiger partial charge in [-0.15, -0.1) is 0 Å². The number of hydrogen-bond acceptors (Lipinski definition) is 6. The quantitative estimate of drug-likeness (QED) is 0.136. The number of rotatable bonds is 13. The van der Waals surface area contributed by atoms with Crippen LogP contribution in [0.5, 0.6) is 5.75 Å². The summed E-state index contributed by atoms with van der Waals surface area (Å²) in [5.41, 5.74) is 2.10. The number of carbonyl (C=O) groups excluding carboxylic acids is 1. The van der Waals surface area contributed by atoms with Crippen molar-refractivity contribution in [3.05, 3.63) is 128 Å². The van der Waals surface area contributed by atoms with Crippen molar-refractivity contribution in [3.8, 4) is 5.75 Å². The highest BCUT2D eigenvalue weighted by molar-refractivity contribution is 6.37. The standard InChI is InChI=1S/C42H46Cl3F2N3O4/c1-29-35(43)7-3-10-38(29)48-41(51)40(50-21-6-22-52-34(27-50)25-30-11-15-32(46)16-12-30)42(26-31-13-17-33(47)18-14-31)28-49(20-5-24-54-42)19-4-23-53-39-36(44)8-2-9-37(39)45/h2-3,7-18,34,40H,4-6,19-28H2,1H3,(H,48,51). The number of ether oxygens (including phenoxy) is 3. The fourth-order valence-electron chi connectivity index (χ4n) is 7.50. The number of amides is 1. The first kappa shape index (κ1) is 40.4. The molecule has 0 bridgehead atoms. The molecule has 2 fully saturated rings. The minimum absolute atomic E-state index is 0.233. The zero-order valence-electron chi connectivity index (χ0n) is 30.3. The molecule has 6 rings (SSSR count). The molecule has 12 heteroatoms. The number of anilines is 1. The van der Waals surface area contributed by atoms with Gasteiger partial charge in [-0.05, 0) is 97.8 Å². The van der Waals surface area contributed by atoms with E-state index in [1.54, 1.807) is 48.5 Å². The third-order valence-corrected chi connectivity index (χ3v) is 11.1. The maximum Gasteiger partial charge on any atom is 0.244 e. The van der Waals surface area contributed by atoms with Crippen molar-refractivity contribution in [3.63, 3.8) is 0 Å². The van der Waals surface area contributed by atoms with Crippen LogP contribution in [0.15, 0.2) is 84.9 Å². The van der Waals surface area contributed by atoms with Gasteiger partial charge in [0, 0.05) is 63.1 Å². The summed E-state index contributed by atoms with van der Waals surface area (Å²) in [6.45, 7) is 6.04. The number of hydrogen-bond donors (Lipinski definition) is 1. The van der Waals surface area contributed by atoms with Gasteiger partial charge in [-0.3, -0.25) is 9.69 Å². The lowest BCUT2D eigenvalue weighted by Gasteiger charge is -2.46. The Morgan fingerprint density at radius 1 is 0.889 bits per heavy atom. The van der Waals surface area contributed by atoms with Gasteiger partial charge in [0.1, 0.15) is 23.3 Å². The molecule has 1 N–H and O–H groups in total. The number of carbonyl (C=O) groups is 1. The van der Waals surface area contributed by atoms with Crippen molar-refractivity contribution < 1.29 is 27.8 Å². The summed E-state index contributed by atoms with van der Waals surface area (Å²) >= 11 is 19.2. The van der Waals surface area contributed by atoms with Crippen LogP contribution in [0.4, 0.5) is 14.5 Å². The second-order valence-corrected chi connectivity index (χ2v) is 15.3. The number of halogens is 5. The van der Waals surface area contributed by atoms with Crippen LogP contribution in [0.1, 0.15) is 36.0 Å². The first-order valence-corrected chi connectivity index (χ1v) is 19.6. The van der Waals surface area contributed by atoms with Gasteiger partial charge < -0.3 is 24.4 Å². The maximum absolute atomic E-state index is 15.1. The minimum atomic E-state index is -1.07. The lowest BCUT2D eigenvalue weighted by atomic mass is 9.83. The van der Waals surface area contributed by atoms with Gasteiger partial charge >= 0.3 is 0 Å². The van der Waals surface area contributed by atoms with Crippen molar-refractivity contribution in [2.75, 3.05) is 57.9 Å². The van der Waals surface area contributed by atoms with E-state index < -0.39 is 11.6 Å². The van der Waals surface area contributed by atoms with Gasteiger partial charge in [0.2, 0.25) is 5.91 Å². The lowest BCUT2D eigenvalue weighted by molar-refractivity contribution is -0.143. The highest BCUT2D eigenvalue weighted by Gasteiger charge is 2.50. The summed E-state index contributed by atoms with van der Waals surface area (Å²) < 4.78 is 47.4. The molecule has 0 saturated carbocycles. The van der Waals surface area contributed by atoms with E-state index >= 15 is 4.79 Å². The average molecular weight is 801 g/mol. The Morgan fingerprint density at radius 3 is 2.26 bits per heavy atom. The van der Waals surface area contributed by atoms with Gasteiger partial charge in [0.15, 0.2) is 5.75 Å². The molecule has 0 aromatic heterocycles. The fourth-order valence-corrected chi connectivity index (χ4v) is 8.18. The average Bonchev–Trinajstić information content (AvgIpc) is 3.50. The zero-order chi connectivity index (χ0) is 38.1. The highest BCUT2D eigenvalue weighted by Crippen LogP contribution is 2.35. The minimum Gasteiger partial charge on any atom is -0.490 e. The smallest absolute Gasteiger partial charge is 0.244 e. The first-order chi connectivity index (χ1) is 26.1. The Bertz CT molecular complexity index is 1830. The SMILES string of the molecule is Cc1c(Cl)cccc1NC(=O)C(N1CCCOC(Cc2ccc(F)cc2)C1)C1(Cc2ccc(F)cc2)CN(CCCOc2c(Cl)cccc2Cl)CCCO1. The van der Waals surface area contributed by atoms with E-state index in [0.717, 1.165) is 29.7 Å². The number of para-hydroxylation sites is 1. The third kappa shape index (κ3) is 10.5. The molecule has 3 unspecified atom stereocenters. The normalized spacial score (nSPS) is 20.5. The van der Waals surface area contributed by atoms with E-state index in [1.165, 1.54) is 24.3 Å². The molecule has 3 atom stereocenters. The van der Waals surface area contributed by atoms with Gasteiger partial charge in [-0.1, -0.05) is 71.2 Å². The van der Waals surface area contributed by atoms with Crippen LogP contribution in [0.3, 0.4) is 0 Å². The molecular formula is C42H46Cl3F2N3O4. The summed E-state index contributed by atoms with van der Waals surface area (Å²) in [7, 11) is 0. The van der Waals surface area contributed by atoms with Crippen molar-refractivity contribution >= 4 is 46.4 Å². The Morgan fingerprint density at radius 2 is 1.54 bits per heavy atom. The molecule has 1 amide bonds. The molecule has 0 aliphatic carbocycles. The van der Waals surface area contributed by atoms with E-state index in [1.807, 2.05) is 19.1 Å². The van der Waals surface area contributed by atoms with Gasteiger partial charge in [-0.2, -0.15) is 0 Å². The summed E-state index contributed by atoms with van der Waals surface area (Å²) in [5, 5.41) is 4.67. The van der Waals surface area contributed by atoms with E-state index in [2.05, 4.69) is 15.1 Å². The Hall–Kier alpha value is -3.28. The second kappa shape index (κ2) is 19.0.